The molecule has 0 saturated heterocycles. The first-order valence-electron chi connectivity index (χ1n) is 5.37. The van der Waals surface area contributed by atoms with Gasteiger partial charge in [0.25, 0.3) is 0 Å². The van der Waals surface area contributed by atoms with Crippen LogP contribution in [0.3, 0.4) is 0 Å². The van der Waals surface area contributed by atoms with Crippen LogP contribution in [0.25, 0.3) is 10.4 Å². The fourth-order valence-electron chi connectivity index (χ4n) is 1.58. The molecule has 2 aromatic rings. The molecule has 90 valence electrons. The molecule has 0 aliphatic heterocycles. The molecule has 0 unspecified atom stereocenters. The first-order valence-corrected chi connectivity index (χ1v) is 6.59. The molecule has 0 fully saturated rings. The lowest BCUT2D eigenvalue weighted by molar-refractivity contribution is 0.673. The minimum Gasteiger partial charge on any atom is -0.254 e. The molecule has 2 atom stereocenters. The van der Waals surface area contributed by atoms with Crippen LogP contribution in [0.5, 0.6) is 0 Å². The van der Waals surface area contributed by atoms with E-state index in [2.05, 4.69) is 10.0 Å². The molecule has 2 rings (SSSR count). The van der Waals surface area contributed by atoms with Crippen molar-refractivity contribution in [2.45, 2.75) is 10.3 Å². The lowest BCUT2D eigenvalue weighted by atomic mass is 10.2. The van der Waals surface area contributed by atoms with Gasteiger partial charge >= 0.3 is 0 Å². The Kier molecular flexibility index (Phi) is 4.12. The van der Waals surface area contributed by atoms with E-state index in [0.29, 0.717) is 4.90 Å². The van der Waals surface area contributed by atoms with Crippen LogP contribution in [0.1, 0.15) is 10.9 Å². The molecule has 4 nitrogen and oxygen atoms in total. The van der Waals surface area contributed by atoms with Gasteiger partial charge < -0.3 is 0 Å². The summed E-state index contributed by atoms with van der Waals surface area (Å²) in [7, 11) is -1.39. The Hall–Kier alpha value is -2.10. The van der Waals surface area contributed by atoms with Crippen LogP contribution < -0.4 is 0 Å². The van der Waals surface area contributed by atoms with E-state index in [0.717, 1.165) is 5.56 Å². The van der Waals surface area contributed by atoms with Crippen LogP contribution in [0, 0.1) is 0 Å². The van der Waals surface area contributed by atoms with Crippen molar-refractivity contribution in [1.29, 1.82) is 0 Å². The molecule has 0 N–H and O–H groups in total. The zero-order valence-corrected chi connectivity index (χ0v) is 10.3. The topological polar surface area (TPSA) is 65.8 Å². The van der Waals surface area contributed by atoms with E-state index in [-0.39, 0.29) is 0 Å². The van der Waals surface area contributed by atoms with Crippen molar-refractivity contribution in [1.82, 2.24) is 0 Å². The maximum Gasteiger partial charge on any atom is 0.143 e. The van der Waals surface area contributed by atoms with E-state index in [1.807, 2.05) is 36.4 Å². The third-order valence-corrected chi connectivity index (χ3v) is 3.93. The van der Waals surface area contributed by atoms with Crippen molar-refractivity contribution in [3.63, 3.8) is 0 Å². The van der Waals surface area contributed by atoms with E-state index in [1.54, 1.807) is 24.3 Å². The fourth-order valence-corrected chi connectivity index (χ4v) is 2.80. The van der Waals surface area contributed by atoms with Gasteiger partial charge in [0.15, 0.2) is 0 Å². The predicted octanol–water partition coefficient (Wildman–Crippen LogP) is 3.80. The van der Waals surface area contributed by atoms with Gasteiger partial charge in [-0.3, -0.25) is 4.21 Å². The summed E-state index contributed by atoms with van der Waals surface area (Å²) < 4.78 is 12.4. The third kappa shape index (κ3) is 2.77. The maximum absolute atomic E-state index is 12.4. The highest BCUT2D eigenvalue weighted by molar-refractivity contribution is 7.85. The van der Waals surface area contributed by atoms with Gasteiger partial charge in [0, 0.05) is 9.81 Å². The Morgan fingerprint density at radius 3 is 2.11 bits per heavy atom. The Morgan fingerprint density at radius 1 is 1.00 bits per heavy atom. The first-order chi connectivity index (χ1) is 8.83. The number of nitrogens with zero attached hydrogens (tertiary/aromatic N) is 3. The largest absolute Gasteiger partial charge is 0.254 e. The summed E-state index contributed by atoms with van der Waals surface area (Å²) in [5, 5.41) is 2.96. The smallest absolute Gasteiger partial charge is 0.143 e. The maximum atomic E-state index is 12.4. The Bertz CT molecular complexity index is 580. The summed E-state index contributed by atoms with van der Waals surface area (Å²) in [5.41, 5.74) is 9.37. The first kappa shape index (κ1) is 12.4. The standard InChI is InChI=1S/C13H11N3OS/c14-16-15-13(11-7-3-1-4-8-11)18(17)12-9-5-2-6-10-12/h1-10,13H/t13-,18+/m1/s1. The SMILES string of the molecule is [N-]=[N+]=N[C@@H](c1ccccc1)[S@@](=O)c1ccccc1. The minimum atomic E-state index is -1.39. The number of rotatable bonds is 4. The average Bonchev–Trinajstić information content (AvgIpc) is 2.46. The van der Waals surface area contributed by atoms with Gasteiger partial charge in [-0.15, -0.1) is 0 Å². The van der Waals surface area contributed by atoms with Crippen molar-refractivity contribution in [2.24, 2.45) is 5.11 Å². The molecule has 0 aliphatic carbocycles. The predicted molar refractivity (Wildman–Crippen MR) is 71.2 cm³/mol. The highest BCUT2D eigenvalue weighted by Crippen LogP contribution is 2.26. The molecule has 0 bridgehead atoms. The average molecular weight is 257 g/mol. The van der Waals surface area contributed by atoms with Crippen LogP contribution in [0.4, 0.5) is 0 Å². The molecule has 0 aliphatic rings. The van der Waals surface area contributed by atoms with Crippen LogP contribution in [-0.2, 0) is 10.8 Å². The second kappa shape index (κ2) is 6.00. The Morgan fingerprint density at radius 2 is 1.56 bits per heavy atom. The molecule has 5 heteroatoms. The van der Waals surface area contributed by atoms with Gasteiger partial charge in [-0.1, -0.05) is 53.6 Å². The monoisotopic (exact) mass is 257 g/mol. The second-order valence-corrected chi connectivity index (χ2v) is 5.09. The summed E-state index contributed by atoms with van der Waals surface area (Å²) in [6, 6.07) is 18.1. The van der Waals surface area contributed by atoms with Gasteiger partial charge in [0.05, 0.1) is 10.8 Å². The molecular weight excluding hydrogens is 246 g/mol. The zero-order chi connectivity index (χ0) is 12.8. The number of hydrogen-bond acceptors (Lipinski definition) is 2. The fraction of sp³-hybridized carbons (Fsp3) is 0.0769. The van der Waals surface area contributed by atoms with E-state index in [1.165, 1.54) is 0 Å². The van der Waals surface area contributed by atoms with Crippen LogP contribution in [0.15, 0.2) is 70.7 Å². The molecule has 0 aromatic heterocycles. The molecule has 0 amide bonds. The van der Waals surface area contributed by atoms with Gasteiger partial charge in [0.1, 0.15) is 5.37 Å². The summed E-state index contributed by atoms with van der Waals surface area (Å²) in [6.07, 6.45) is 0. The van der Waals surface area contributed by atoms with E-state index in [9.17, 15) is 4.21 Å². The van der Waals surface area contributed by atoms with Gasteiger partial charge in [0.2, 0.25) is 0 Å². The summed E-state index contributed by atoms with van der Waals surface area (Å²) >= 11 is 0. The molecule has 0 radical (unpaired) electrons. The van der Waals surface area contributed by atoms with Crippen LogP contribution in [-0.4, -0.2) is 4.21 Å². The quantitative estimate of drug-likeness (QED) is 0.466. The molecule has 0 saturated carbocycles. The van der Waals surface area contributed by atoms with E-state index in [4.69, 9.17) is 5.53 Å². The van der Waals surface area contributed by atoms with Crippen molar-refractivity contribution >= 4 is 10.8 Å². The van der Waals surface area contributed by atoms with Crippen molar-refractivity contribution in [3.8, 4) is 0 Å². The van der Waals surface area contributed by atoms with Gasteiger partial charge in [-0.25, -0.2) is 0 Å². The normalized spacial score (nSPS) is 13.3. The molecule has 18 heavy (non-hydrogen) atoms. The third-order valence-electron chi connectivity index (χ3n) is 2.42. The van der Waals surface area contributed by atoms with Gasteiger partial charge in [-0.2, -0.15) is 0 Å². The van der Waals surface area contributed by atoms with Crippen molar-refractivity contribution < 1.29 is 4.21 Å². The molecule has 0 spiro atoms. The number of benzene rings is 2. The van der Waals surface area contributed by atoms with Crippen molar-refractivity contribution in [3.05, 3.63) is 76.7 Å². The highest BCUT2D eigenvalue weighted by atomic mass is 32.2. The lowest BCUT2D eigenvalue weighted by Crippen LogP contribution is -2.03. The van der Waals surface area contributed by atoms with Crippen molar-refractivity contribution in [2.75, 3.05) is 0 Å². The number of hydrogen-bond donors (Lipinski definition) is 0. The number of azide groups is 1. The van der Waals surface area contributed by atoms with Gasteiger partial charge in [-0.05, 0) is 23.2 Å². The van der Waals surface area contributed by atoms with Crippen LogP contribution in [0.2, 0.25) is 0 Å². The minimum absolute atomic E-state index is 0.652. The highest BCUT2D eigenvalue weighted by Gasteiger charge is 2.18. The van der Waals surface area contributed by atoms with E-state index >= 15 is 0 Å². The molecular formula is C13H11N3OS. The molecule has 0 heterocycles. The Labute approximate surface area is 107 Å². The molecule has 2 aromatic carbocycles. The second-order valence-electron chi connectivity index (χ2n) is 3.58. The lowest BCUT2D eigenvalue weighted by Gasteiger charge is -2.11. The van der Waals surface area contributed by atoms with Crippen LogP contribution >= 0.6 is 0 Å². The summed E-state index contributed by atoms with van der Waals surface area (Å²) in [6.45, 7) is 0. The summed E-state index contributed by atoms with van der Waals surface area (Å²) in [4.78, 5) is 3.44. The summed E-state index contributed by atoms with van der Waals surface area (Å²) in [5.74, 6) is 0. The van der Waals surface area contributed by atoms with E-state index < -0.39 is 16.2 Å². The Balaban J connectivity index is 2.38. The zero-order valence-electron chi connectivity index (χ0n) is 9.51.